The van der Waals surface area contributed by atoms with Crippen molar-refractivity contribution in [3.63, 3.8) is 0 Å². The van der Waals surface area contributed by atoms with Gasteiger partial charge in [0.2, 0.25) is 0 Å². The topological polar surface area (TPSA) is 9.23 Å². The van der Waals surface area contributed by atoms with Crippen molar-refractivity contribution in [2.24, 2.45) is 0 Å². The Morgan fingerprint density at radius 1 is 0.625 bits per heavy atom. The van der Waals surface area contributed by atoms with Gasteiger partial charge in [-0.05, 0) is 0 Å². The van der Waals surface area contributed by atoms with Crippen LogP contribution in [-0.2, 0) is 4.74 Å². The zero-order valence-corrected chi connectivity index (χ0v) is 15.2. The van der Waals surface area contributed by atoms with Gasteiger partial charge < -0.3 is 0 Å². The van der Waals surface area contributed by atoms with E-state index in [4.69, 9.17) is 4.74 Å². The first-order valence-corrected chi connectivity index (χ1v) is 10.7. The average Bonchev–Trinajstić information content (AvgIpc) is 2.68. The first-order chi connectivity index (χ1) is 11.9. The van der Waals surface area contributed by atoms with Gasteiger partial charge in [-0.1, -0.05) is 0 Å². The molecule has 24 heavy (non-hydrogen) atoms. The second-order valence-electron chi connectivity index (χ2n) is 6.10. The summed E-state index contributed by atoms with van der Waals surface area (Å²) in [4.78, 5) is 0. The van der Waals surface area contributed by atoms with E-state index >= 15 is 0 Å². The van der Waals surface area contributed by atoms with E-state index in [0.717, 1.165) is 19.2 Å². The fraction of sp³-hybridized carbons (Fsp3) is 0.182. The van der Waals surface area contributed by atoms with Gasteiger partial charge in [-0.15, -0.1) is 0 Å². The van der Waals surface area contributed by atoms with Gasteiger partial charge in [0, 0.05) is 0 Å². The van der Waals surface area contributed by atoms with Gasteiger partial charge in [0.25, 0.3) is 0 Å². The van der Waals surface area contributed by atoms with Crippen LogP contribution in [0.5, 0.6) is 0 Å². The van der Waals surface area contributed by atoms with Gasteiger partial charge in [-0.2, -0.15) is 0 Å². The van der Waals surface area contributed by atoms with E-state index in [1.54, 1.807) is 7.11 Å². The normalized spacial score (nSPS) is 12.0. The Morgan fingerprint density at radius 2 is 1.00 bits per heavy atom. The van der Waals surface area contributed by atoms with Crippen molar-refractivity contribution >= 4 is 23.2 Å². The Morgan fingerprint density at radius 3 is 1.33 bits per heavy atom. The molecule has 0 aromatic heterocycles. The van der Waals surface area contributed by atoms with Gasteiger partial charge in [-0.3, -0.25) is 0 Å². The van der Waals surface area contributed by atoms with E-state index in [1.807, 2.05) is 0 Å². The number of ether oxygens (including phenoxy) is 1. The maximum absolute atomic E-state index is 5.37. The number of methoxy groups -OCH3 is 1. The average molecular weight is 336 g/mol. The molecule has 0 aliphatic heterocycles. The van der Waals surface area contributed by atoms with Crippen LogP contribution in [0.2, 0.25) is 0 Å². The summed E-state index contributed by atoms with van der Waals surface area (Å²) in [5.74, 6) is 0. The first kappa shape index (κ1) is 16.9. The predicted octanol–water partition coefficient (Wildman–Crippen LogP) is 3.75. The monoisotopic (exact) mass is 336 g/mol. The van der Waals surface area contributed by atoms with Gasteiger partial charge in [0.1, 0.15) is 0 Å². The minimum absolute atomic E-state index is 0.807. The SMILES string of the molecule is COCCC[PH](c1ccccc1)(c1ccccc1)c1ccccc1. The number of hydrogen-bond acceptors (Lipinski definition) is 1. The fourth-order valence-electron chi connectivity index (χ4n) is 3.58. The third-order valence-corrected chi connectivity index (χ3v) is 9.76. The van der Waals surface area contributed by atoms with E-state index in [1.165, 1.54) is 15.9 Å². The molecule has 0 fully saturated rings. The van der Waals surface area contributed by atoms with Crippen LogP contribution in [0.3, 0.4) is 0 Å². The fourth-order valence-corrected chi connectivity index (χ4v) is 8.41. The number of rotatable bonds is 7. The third kappa shape index (κ3) is 3.43. The Kier molecular flexibility index (Phi) is 5.80. The van der Waals surface area contributed by atoms with Crippen molar-refractivity contribution in [2.75, 3.05) is 19.9 Å². The quantitative estimate of drug-likeness (QED) is 0.472. The molecule has 0 radical (unpaired) electrons. The van der Waals surface area contributed by atoms with Crippen LogP contribution in [0.15, 0.2) is 91.0 Å². The van der Waals surface area contributed by atoms with E-state index in [9.17, 15) is 0 Å². The third-order valence-electron chi connectivity index (χ3n) is 4.70. The Labute approximate surface area is 145 Å². The molecule has 0 saturated heterocycles. The van der Waals surface area contributed by atoms with Crippen LogP contribution in [0, 0.1) is 0 Å². The Hall–Kier alpha value is -1.95. The molecule has 3 aromatic carbocycles. The summed E-state index contributed by atoms with van der Waals surface area (Å²) in [5.41, 5.74) is 0. The molecule has 0 spiro atoms. The molecule has 0 N–H and O–H groups in total. The standard InChI is InChI=1S/C22H25OP/c1-23-18-11-19-24(20-12-5-2-6-13-20,21-14-7-3-8-15-21)22-16-9-4-10-17-22/h2-10,12-17,24H,11,18-19H2,1H3. The summed E-state index contributed by atoms with van der Waals surface area (Å²) in [6.07, 6.45) is 2.22. The van der Waals surface area contributed by atoms with Crippen molar-refractivity contribution in [3.8, 4) is 0 Å². The zero-order valence-electron chi connectivity index (χ0n) is 14.2. The first-order valence-electron chi connectivity index (χ1n) is 8.53. The molecule has 0 unspecified atom stereocenters. The van der Waals surface area contributed by atoms with E-state index in [-0.39, 0.29) is 0 Å². The second kappa shape index (κ2) is 8.24. The Balaban J connectivity index is 2.20. The van der Waals surface area contributed by atoms with E-state index < -0.39 is 7.26 Å². The summed E-state index contributed by atoms with van der Waals surface area (Å²) in [6, 6.07) is 33.1. The number of benzene rings is 3. The molecule has 0 bridgehead atoms. The summed E-state index contributed by atoms with van der Waals surface area (Å²) < 4.78 is 5.37. The minimum atomic E-state index is -2.04. The molecular weight excluding hydrogens is 311 g/mol. The molecule has 0 saturated carbocycles. The van der Waals surface area contributed by atoms with Crippen molar-refractivity contribution in [3.05, 3.63) is 91.0 Å². The van der Waals surface area contributed by atoms with Crippen molar-refractivity contribution in [1.82, 2.24) is 0 Å². The molecular formula is C22H25OP. The van der Waals surface area contributed by atoms with Crippen LogP contribution < -0.4 is 15.9 Å². The molecule has 0 heterocycles. The maximum atomic E-state index is 5.37. The van der Waals surface area contributed by atoms with Crippen LogP contribution >= 0.6 is 7.26 Å². The Bertz CT molecular complexity index is 629. The van der Waals surface area contributed by atoms with E-state index in [0.29, 0.717) is 0 Å². The van der Waals surface area contributed by atoms with Crippen molar-refractivity contribution in [2.45, 2.75) is 6.42 Å². The van der Waals surface area contributed by atoms with Crippen LogP contribution in [0.25, 0.3) is 0 Å². The zero-order chi connectivity index (χ0) is 16.7. The molecule has 0 aliphatic rings. The van der Waals surface area contributed by atoms with Crippen LogP contribution in [0.1, 0.15) is 6.42 Å². The van der Waals surface area contributed by atoms with Gasteiger partial charge >= 0.3 is 145 Å². The summed E-state index contributed by atoms with van der Waals surface area (Å²) in [6.45, 7) is 0.807. The summed E-state index contributed by atoms with van der Waals surface area (Å²) >= 11 is 0. The van der Waals surface area contributed by atoms with E-state index in [2.05, 4.69) is 91.0 Å². The predicted molar refractivity (Wildman–Crippen MR) is 108 cm³/mol. The molecule has 0 atom stereocenters. The molecule has 0 amide bonds. The number of hydrogen-bond donors (Lipinski definition) is 0. The van der Waals surface area contributed by atoms with Crippen molar-refractivity contribution in [1.29, 1.82) is 0 Å². The van der Waals surface area contributed by atoms with Gasteiger partial charge in [0.15, 0.2) is 0 Å². The summed E-state index contributed by atoms with van der Waals surface area (Å²) in [5, 5.41) is 4.41. The molecule has 0 aliphatic carbocycles. The molecule has 2 heteroatoms. The van der Waals surface area contributed by atoms with Gasteiger partial charge in [-0.25, -0.2) is 0 Å². The molecule has 3 rings (SSSR count). The summed E-state index contributed by atoms with van der Waals surface area (Å²) in [7, 11) is -0.253. The van der Waals surface area contributed by atoms with Crippen molar-refractivity contribution < 1.29 is 4.74 Å². The second-order valence-corrected chi connectivity index (χ2v) is 10.1. The van der Waals surface area contributed by atoms with Crippen LogP contribution in [0.4, 0.5) is 0 Å². The van der Waals surface area contributed by atoms with Gasteiger partial charge in [0.05, 0.1) is 0 Å². The van der Waals surface area contributed by atoms with Crippen LogP contribution in [-0.4, -0.2) is 19.9 Å². The molecule has 124 valence electrons. The molecule has 3 aromatic rings. The molecule has 1 nitrogen and oxygen atoms in total.